The molecule has 8 atom stereocenters. The van der Waals surface area contributed by atoms with Crippen molar-refractivity contribution in [2.75, 3.05) is 0 Å². The van der Waals surface area contributed by atoms with Gasteiger partial charge in [0, 0.05) is 3.92 Å². The average Bonchev–Trinajstić information content (AvgIpc) is 3.02. The van der Waals surface area contributed by atoms with Crippen LogP contribution < -0.4 is 0 Å². The van der Waals surface area contributed by atoms with Crippen LogP contribution in [0.15, 0.2) is 11.1 Å². The lowest BCUT2D eigenvalue weighted by atomic mass is 9.43. The second kappa shape index (κ2) is 9.02. The molecule has 0 aliphatic heterocycles. The SMILES string of the molecule is CCC(CC[C@@H](C)[C@H]1CC[C@@]2(C)C3=C(CC[C@]12C)[C@@]1(C)CC[C@H](I)C(C)(C)[C@@H]1CC3)C(C)(C)O. The summed E-state index contributed by atoms with van der Waals surface area (Å²) in [5.41, 5.74) is 5.05. The van der Waals surface area contributed by atoms with E-state index in [0.717, 1.165) is 28.1 Å². The summed E-state index contributed by atoms with van der Waals surface area (Å²) in [6.07, 6.45) is 14.7. The Bertz CT molecular complexity index is 804. The maximum absolute atomic E-state index is 10.6. The van der Waals surface area contributed by atoms with Crippen LogP contribution in [0.3, 0.4) is 0 Å². The normalized spacial score (nSPS) is 43.7. The summed E-state index contributed by atoms with van der Waals surface area (Å²) in [6, 6.07) is 0. The van der Waals surface area contributed by atoms with Gasteiger partial charge in [-0.3, -0.25) is 0 Å². The van der Waals surface area contributed by atoms with E-state index in [4.69, 9.17) is 0 Å². The fraction of sp³-hybridized carbons (Fsp3) is 0.938. The number of hydrogen-bond donors (Lipinski definition) is 1. The molecule has 1 unspecified atom stereocenters. The molecule has 0 aromatic carbocycles. The number of hydrogen-bond acceptors (Lipinski definition) is 1. The number of rotatable bonds is 6. The fourth-order valence-corrected chi connectivity index (χ4v) is 11.1. The molecule has 0 bridgehead atoms. The van der Waals surface area contributed by atoms with Crippen LogP contribution in [0.2, 0.25) is 0 Å². The average molecular weight is 583 g/mol. The summed E-state index contributed by atoms with van der Waals surface area (Å²) in [5, 5.41) is 10.6. The van der Waals surface area contributed by atoms with E-state index in [9.17, 15) is 5.11 Å². The quantitative estimate of drug-likeness (QED) is 0.188. The topological polar surface area (TPSA) is 20.2 Å². The number of allylic oxidation sites excluding steroid dienone is 2. The molecule has 0 aromatic rings. The van der Waals surface area contributed by atoms with Crippen molar-refractivity contribution in [3.63, 3.8) is 0 Å². The summed E-state index contributed by atoms with van der Waals surface area (Å²) in [4.78, 5) is 0. The first-order valence-electron chi connectivity index (χ1n) is 14.7. The van der Waals surface area contributed by atoms with Crippen molar-refractivity contribution in [3.05, 3.63) is 11.1 Å². The molecule has 4 aliphatic rings. The van der Waals surface area contributed by atoms with Gasteiger partial charge in [-0.15, -0.1) is 0 Å². The smallest absolute Gasteiger partial charge is 0.0619 e. The summed E-state index contributed by atoms with van der Waals surface area (Å²) < 4.78 is 0.822. The lowest BCUT2D eigenvalue weighted by molar-refractivity contribution is -0.0174. The van der Waals surface area contributed by atoms with E-state index in [0.29, 0.717) is 27.6 Å². The Morgan fingerprint density at radius 2 is 1.62 bits per heavy atom. The van der Waals surface area contributed by atoms with Crippen LogP contribution in [-0.4, -0.2) is 14.6 Å². The number of fused-ring (bicyclic) bond motifs is 4. The van der Waals surface area contributed by atoms with Gasteiger partial charge in [-0.05, 0) is 117 Å². The van der Waals surface area contributed by atoms with E-state index in [1.165, 1.54) is 64.2 Å². The van der Waals surface area contributed by atoms with Gasteiger partial charge in [0.25, 0.3) is 0 Å². The van der Waals surface area contributed by atoms with E-state index in [1.54, 1.807) is 0 Å². The van der Waals surface area contributed by atoms with Gasteiger partial charge in [0.2, 0.25) is 0 Å². The Kier molecular flexibility index (Phi) is 7.29. The van der Waals surface area contributed by atoms with Crippen LogP contribution in [0, 0.1) is 45.3 Å². The van der Waals surface area contributed by atoms with Gasteiger partial charge < -0.3 is 5.11 Å². The molecule has 1 nitrogen and oxygen atoms in total. The van der Waals surface area contributed by atoms with Gasteiger partial charge in [-0.25, -0.2) is 0 Å². The molecule has 4 rings (SSSR count). The van der Waals surface area contributed by atoms with Gasteiger partial charge in [0.15, 0.2) is 0 Å². The van der Waals surface area contributed by atoms with Gasteiger partial charge in [0.1, 0.15) is 0 Å². The zero-order chi connectivity index (χ0) is 25.3. The van der Waals surface area contributed by atoms with Crippen LogP contribution in [0.4, 0.5) is 0 Å². The molecule has 2 saturated carbocycles. The van der Waals surface area contributed by atoms with Crippen molar-refractivity contribution in [2.45, 2.75) is 142 Å². The fourth-order valence-electron chi connectivity index (χ4n) is 10.3. The molecule has 0 saturated heterocycles. The first-order valence-corrected chi connectivity index (χ1v) is 16.0. The van der Waals surface area contributed by atoms with E-state index in [-0.39, 0.29) is 0 Å². The number of halogens is 1. The first-order chi connectivity index (χ1) is 15.6. The molecule has 0 amide bonds. The molecule has 0 aromatic heterocycles. The molecule has 34 heavy (non-hydrogen) atoms. The van der Waals surface area contributed by atoms with Crippen LogP contribution >= 0.6 is 22.6 Å². The molecule has 0 radical (unpaired) electrons. The third kappa shape index (κ3) is 4.01. The Morgan fingerprint density at radius 3 is 2.24 bits per heavy atom. The lowest BCUT2D eigenvalue weighted by Gasteiger charge is -2.62. The van der Waals surface area contributed by atoms with Crippen molar-refractivity contribution < 1.29 is 5.11 Å². The monoisotopic (exact) mass is 582 g/mol. The van der Waals surface area contributed by atoms with E-state index < -0.39 is 5.60 Å². The van der Waals surface area contributed by atoms with Gasteiger partial charge in [-0.1, -0.05) is 95.0 Å². The highest BCUT2D eigenvalue weighted by atomic mass is 127. The maximum Gasteiger partial charge on any atom is 0.0619 e. The van der Waals surface area contributed by atoms with Crippen molar-refractivity contribution in [2.24, 2.45) is 45.3 Å². The Labute approximate surface area is 225 Å². The van der Waals surface area contributed by atoms with Crippen LogP contribution in [0.5, 0.6) is 0 Å². The molecule has 0 spiro atoms. The second-order valence-corrected chi connectivity index (χ2v) is 16.5. The van der Waals surface area contributed by atoms with Crippen molar-refractivity contribution in [1.82, 2.24) is 0 Å². The van der Waals surface area contributed by atoms with Crippen molar-refractivity contribution in [1.29, 1.82) is 0 Å². The number of alkyl halides is 1. The Balaban J connectivity index is 1.59. The summed E-state index contributed by atoms with van der Waals surface area (Å²) in [7, 11) is 0. The summed E-state index contributed by atoms with van der Waals surface area (Å²) in [5.74, 6) is 2.86. The Morgan fingerprint density at radius 1 is 0.941 bits per heavy atom. The third-order valence-corrected chi connectivity index (χ3v) is 15.1. The molecule has 1 N–H and O–H groups in total. The highest BCUT2D eigenvalue weighted by Gasteiger charge is 2.63. The largest absolute Gasteiger partial charge is 0.390 e. The predicted octanol–water partition coefficient (Wildman–Crippen LogP) is 9.75. The summed E-state index contributed by atoms with van der Waals surface area (Å²) >= 11 is 2.77. The van der Waals surface area contributed by atoms with E-state index in [1.807, 2.05) is 25.0 Å². The zero-order valence-electron chi connectivity index (χ0n) is 24.0. The Hall–Kier alpha value is 0.430. The molecule has 0 heterocycles. The molecule has 2 fully saturated rings. The minimum Gasteiger partial charge on any atom is -0.390 e. The minimum absolute atomic E-state index is 0.402. The number of aliphatic hydroxyl groups is 1. The van der Waals surface area contributed by atoms with Crippen molar-refractivity contribution >= 4 is 22.6 Å². The minimum atomic E-state index is -0.550. The highest BCUT2D eigenvalue weighted by Crippen LogP contribution is 2.72. The third-order valence-electron chi connectivity index (χ3n) is 12.9. The zero-order valence-corrected chi connectivity index (χ0v) is 26.1. The summed E-state index contributed by atoms with van der Waals surface area (Å²) in [6.45, 7) is 22.0. The molecular weight excluding hydrogens is 527 g/mol. The molecule has 2 heteroatoms. The van der Waals surface area contributed by atoms with Gasteiger partial charge >= 0.3 is 0 Å². The van der Waals surface area contributed by atoms with E-state index >= 15 is 0 Å². The van der Waals surface area contributed by atoms with Crippen LogP contribution in [0.1, 0.15) is 133 Å². The highest BCUT2D eigenvalue weighted by molar-refractivity contribution is 14.1. The molecule has 4 aliphatic carbocycles. The van der Waals surface area contributed by atoms with Gasteiger partial charge in [-0.2, -0.15) is 0 Å². The van der Waals surface area contributed by atoms with Crippen LogP contribution in [-0.2, 0) is 0 Å². The molecule has 196 valence electrons. The molecular formula is C32H55IO. The van der Waals surface area contributed by atoms with Crippen molar-refractivity contribution in [3.8, 4) is 0 Å². The predicted molar refractivity (Wildman–Crippen MR) is 155 cm³/mol. The van der Waals surface area contributed by atoms with E-state index in [2.05, 4.69) is 71.1 Å². The first kappa shape index (κ1) is 27.5. The van der Waals surface area contributed by atoms with Crippen LogP contribution in [0.25, 0.3) is 0 Å². The standard InChI is InChI=1S/C32H55IO/c1-10-22(29(5,6)34)12-11-21(2)23-15-19-32(9)25-13-14-26-28(3,4)27(33)17-18-30(26,7)24(25)16-20-31(23,32)8/h21-23,26-27,34H,10-20H2,1-9H3/t21-,22?,23-,26+,27+,30-,31-,32+/m1/s1. The second-order valence-electron chi connectivity index (χ2n) is 15.0. The maximum atomic E-state index is 10.6. The van der Waals surface area contributed by atoms with Gasteiger partial charge in [0.05, 0.1) is 5.60 Å². The lowest BCUT2D eigenvalue weighted by Crippen LogP contribution is -2.54.